The molecule has 0 spiro atoms. The molecule has 1 amide bonds. The molecule has 0 aromatic heterocycles. The molecule has 3 heteroatoms. The molecule has 0 fully saturated rings. The van der Waals surface area contributed by atoms with Crippen LogP contribution in [0.2, 0.25) is 0 Å². The third kappa shape index (κ3) is 4.12. The standard InChI is InChI=1S/C17H19NO2/c1-13-3-5-15(6-4-13)12-18-17(19)11-14-7-9-16(20-2)10-8-14/h3-10H,11-12H2,1-2H3,(H,18,19). The number of ether oxygens (including phenoxy) is 1. The number of hydrogen-bond acceptors (Lipinski definition) is 2. The van der Waals surface area contributed by atoms with E-state index in [-0.39, 0.29) is 5.91 Å². The Labute approximate surface area is 119 Å². The minimum absolute atomic E-state index is 0.0238. The summed E-state index contributed by atoms with van der Waals surface area (Å²) in [5.41, 5.74) is 3.31. The highest BCUT2D eigenvalue weighted by Gasteiger charge is 2.03. The Morgan fingerprint density at radius 2 is 1.60 bits per heavy atom. The van der Waals surface area contributed by atoms with Gasteiger partial charge in [-0.1, -0.05) is 42.0 Å². The highest BCUT2D eigenvalue weighted by atomic mass is 16.5. The van der Waals surface area contributed by atoms with Gasteiger partial charge in [-0.2, -0.15) is 0 Å². The molecule has 3 nitrogen and oxygen atoms in total. The van der Waals surface area contributed by atoms with Gasteiger partial charge in [0.05, 0.1) is 13.5 Å². The number of rotatable bonds is 5. The van der Waals surface area contributed by atoms with Crippen LogP contribution in [0.5, 0.6) is 5.75 Å². The molecule has 0 heterocycles. The molecule has 104 valence electrons. The molecule has 20 heavy (non-hydrogen) atoms. The summed E-state index contributed by atoms with van der Waals surface area (Å²) in [6.45, 7) is 2.61. The molecule has 1 N–H and O–H groups in total. The Morgan fingerprint density at radius 1 is 1.00 bits per heavy atom. The van der Waals surface area contributed by atoms with Crippen LogP contribution >= 0.6 is 0 Å². The first kappa shape index (κ1) is 14.1. The number of carbonyl (C=O) groups is 1. The summed E-state index contributed by atoms with van der Waals surface area (Å²) in [6, 6.07) is 15.7. The predicted octanol–water partition coefficient (Wildman–Crippen LogP) is 2.86. The number of aryl methyl sites for hydroxylation is 1. The van der Waals surface area contributed by atoms with Crippen LogP contribution < -0.4 is 10.1 Å². The van der Waals surface area contributed by atoms with Crippen LogP contribution in [0, 0.1) is 6.92 Å². The summed E-state index contributed by atoms with van der Waals surface area (Å²) in [7, 11) is 1.63. The largest absolute Gasteiger partial charge is 0.497 e. The third-order valence-electron chi connectivity index (χ3n) is 3.13. The Bertz CT molecular complexity index is 559. The van der Waals surface area contributed by atoms with Gasteiger partial charge in [-0.25, -0.2) is 0 Å². The maximum atomic E-state index is 11.9. The molecule has 0 saturated heterocycles. The SMILES string of the molecule is COc1ccc(CC(=O)NCc2ccc(C)cc2)cc1. The van der Waals surface area contributed by atoms with Crippen LogP contribution in [0.3, 0.4) is 0 Å². The van der Waals surface area contributed by atoms with Gasteiger partial charge in [-0.15, -0.1) is 0 Å². The topological polar surface area (TPSA) is 38.3 Å². The maximum absolute atomic E-state index is 11.9. The fraction of sp³-hybridized carbons (Fsp3) is 0.235. The zero-order valence-corrected chi connectivity index (χ0v) is 11.8. The molecule has 2 aromatic rings. The van der Waals surface area contributed by atoms with Gasteiger partial charge in [0.2, 0.25) is 5.91 Å². The maximum Gasteiger partial charge on any atom is 0.224 e. The second-order valence-electron chi connectivity index (χ2n) is 4.79. The van der Waals surface area contributed by atoms with Crippen molar-refractivity contribution in [2.75, 3.05) is 7.11 Å². The van der Waals surface area contributed by atoms with Gasteiger partial charge >= 0.3 is 0 Å². The van der Waals surface area contributed by atoms with Crippen molar-refractivity contribution in [2.45, 2.75) is 19.9 Å². The van der Waals surface area contributed by atoms with E-state index in [1.807, 2.05) is 55.5 Å². The summed E-state index contributed by atoms with van der Waals surface area (Å²) in [5, 5.41) is 2.93. The Balaban J connectivity index is 1.84. The van der Waals surface area contributed by atoms with Gasteiger partial charge in [0, 0.05) is 6.54 Å². The van der Waals surface area contributed by atoms with Crippen molar-refractivity contribution in [1.29, 1.82) is 0 Å². The van der Waals surface area contributed by atoms with Crippen molar-refractivity contribution in [1.82, 2.24) is 5.32 Å². The lowest BCUT2D eigenvalue weighted by Gasteiger charge is -2.06. The van der Waals surface area contributed by atoms with Crippen molar-refractivity contribution >= 4 is 5.91 Å². The summed E-state index contributed by atoms with van der Waals surface area (Å²) < 4.78 is 5.09. The van der Waals surface area contributed by atoms with E-state index in [0.717, 1.165) is 16.9 Å². The minimum atomic E-state index is 0.0238. The lowest BCUT2D eigenvalue weighted by molar-refractivity contribution is -0.120. The van der Waals surface area contributed by atoms with E-state index in [9.17, 15) is 4.79 Å². The fourth-order valence-corrected chi connectivity index (χ4v) is 1.90. The van der Waals surface area contributed by atoms with E-state index in [2.05, 4.69) is 5.32 Å². The average Bonchev–Trinajstić information content (AvgIpc) is 2.47. The Kier molecular flexibility index (Phi) is 4.77. The molecule has 0 atom stereocenters. The highest BCUT2D eigenvalue weighted by Crippen LogP contribution is 2.11. The monoisotopic (exact) mass is 269 g/mol. The van der Waals surface area contributed by atoms with Crippen LogP contribution in [0.1, 0.15) is 16.7 Å². The molecule has 2 rings (SSSR count). The van der Waals surface area contributed by atoms with Crippen LogP contribution in [0.15, 0.2) is 48.5 Å². The summed E-state index contributed by atoms with van der Waals surface area (Å²) in [6.07, 6.45) is 0.385. The van der Waals surface area contributed by atoms with E-state index in [1.165, 1.54) is 5.56 Å². The predicted molar refractivity (Wildman–Crippen MR) is 79.7 cm³/mol. The van der Waals surface area contributed by atoms with Crippen molar-refractivity contribution in [2.24, 2.45) is 0 Å². The molecule has 0 aliphatic carbocycles. The quantitative estimate of drug-likeness (QED) is 0.906. The molecule has 2 aromatic carbocycles. The van der Waals surface area contributed by atoms with Gasteiger partial charge in [0.15, 0.2) is 0 Å². The van der Waals surface area contributed by atoms with Crippen molar-refractivity contribution in [3.63, 3.8) is 0 Å². The lowest BCUT2D eigenvalue weighted by Crippen LogP contribution is -2.24. The molecule has 0 bridgehead atoms. The van der Waals surface area contributed by atoms with E-state index in [0.29, 0.717) is 13.0 Å². The Hall–Kier alpha value is -2.29. The van der Waals surface area contributed by atoms with Crippen molar-refractivity contribution in [3.8, 4) is 5.75 Å². The third-order valence-corrected chi connectivity index (χ3v) is 3.13. The van der Waals surface area contributed by atoms with E-state index >= 15 is 0 Å². The zero-order chi connectivity index (χ0) is 14.4. The summed E-state index contributed by atoms with van der Waals surface area (Å²) in [5.74, 6) is 0.824. The number of nitrogens with one attached hydrogen (secondary N) is 1. The zero-order valence-electron chi connectivity index (χ0n) is 11.8. The number of methoxy groups -OCH3 is 1. The molecule has 0 unspecified atom stereocenters. The molecule has 0 aliphatic rings. The average molecular weight is 269 g/mol. The van der Waals surface area contributed by atoms with Gasteiger partial charge in [-0.05, 0) is 30.2 Å². The van der Waals surface area contributed by atoms with Crippen LogP contribution in [0.4, 0.5) is 0 Å². The van der Waals surface area contributed by atoms with E-state index in [1.54, 1.807) is 7.11 Å². The van der Waals surface area contributed by atoms with Gasteiger partial charge in [0.25, 0.3) is 0 Å². The highest BCUT2D eigenvalue weighted by molar-refractivity contribution is 5.78. The van der Waals surface area contributed by atoms with Gasteiger partial charge < -0.3 is 10.1 Å². The minimum Gasteiger partial charge on any atom is -0.497 e. The van der Waals surface area contributed by atoms with Gasteiger partial charge in [-0.3, -0.25) is 4.79 Å². The van der Waals surface area contributed by atoms with Crippen LogP contribution in [-0.4, -0.2) is 13.0 Å². The van der Waals surface area contributed by atoms with Gasteiger partial charge in [0.1, 0.15) is 5.75 Å². The summed E-state index contributed by atoms with van der Waals surface area (Å²) >= 11 is 0. The first-order valence-electron chi connectivity index (χ1n) is 6.62. The Morgan fingerprint density at radius 3 is 2.20 bits per heavy atom. The van der Waals surface area contributed by atoms with Crippen molar-refractivity contribution in [3.05, 3.63) is 65.2 Å². The smallest absolute Gasteiger partial charge is 0.224 e. The summed E-state index contributed by atoms with van der Waals surface area (Å²) in [4.78, 5) is 11.9. The first-order valence-corrected chi connectivity index (χ1v) is 6.62. The first-order chi connectivity index (χ1) is 9.67. The second kappa shape index (κ2) is 6.75. The molecule has 0 saturated carbocycles. The number of benzene rings is 2. The van der Waals surface area contributed by atoms with Crippen LogP contribution in [-0.2, 0) is 17.8 Å². The van der Waals surface area contributed by atoms with E-state index < -0.39 is 0 Å². The molecule has 0 radical (unpaired) electrons. The molecular formula is C17H19NO2. The fourth-order valence-electron chi connectivity index (χ4n) is 1.90. The van der Waals surface area contributed by atoms with Crippen molar-refractivity contribution < 1.29 is 9.53 Å². The second-order valence-corrected chi connectivity index (χ2v) is 4.79. The lowest BCUT2D eigenvalue weighted by atomic mass is 10.1. The van der Waals surface area contributed by atoms with E-state index in [4.69, 9.17) is 4.74 Å². The number of hydrogen-bond donors (Lipinski definition) is 1. The number of carbonyl (C=O) groups excluding carboxylic acids is 1. The normalized spacial score (nSPS) is 10.1. The van der Waals surface area contributed by atoms with Crippen LogP contribution in [0.25, 0.3) is 0 Å². The number of amides is 1. The molecule has 0 aliphatic heterocycles. The molecular weight excluding hydrogens is 250 g/mol.